The maximum Gasteiger partial charge on any atom is 0.337 e. The standard InChI is InChI=1S/C18H16N2O2S/c21-18(22)14-5-7-19-15-10-12(20-17(14)15)9-11-6-8-23-16-4-2-1-3-13(11)16/h1-5,7,10-11,20H,6,8-9H2,(H,21,22). The smallest absolute Gasteiger partial charge is 0.337 e. The molecule has 0 aliphatic carbocycles. The van der Waals surface area contributed by atoms with Crippen LogP contribution in [0.4, 0.5) is 0 Å². The number of aromatic amines is 1. The zero-order valence-corrected chi connectivity index (χ0v) is 13.3. The van der Waals surface area contributed by atoms with E-state index in [1.807, 2.05) is 17.8 Å². The Kier molecular flexibility index (Phi) is 3.58. The molecular weight excluding hydrogens is 308 g/mol. The van der Waals surface area contributed by atoms with Gasteiger partial charge in [-0.1, -0.05) is 18.2 Å². The fraction of sp³-hybridized carbons (Fsp3) is 0.222. The van der Waals surface area contributed by atoms with E-state index < -0.39 is 5.97 Å². The molecule has 0 fully saturated rings. The summed E-state index contributed by atoms with van der Waals surface area (Å²) in [7, 11) is 0. The highest BCUT2D eigenvalue weighted by Crippen LogP contribution is 2.39. The van der Waals surface area contributed by atoms with Crippen LogP contribution in [-0.2, 0) is 6.42 Å². The molecule has 1 aliphatic rings. The van der Waals surface area contributed by atoms with Gasteiger partial charge >= 0.3 is 5.97 Å². The van der Waals surface area contributed by atoms with Crippen LogP contribution in [0.2, 0.25) is 0 Å². The van der Waals surface area contributed by atoms with Gasteiger partial charge in [-0.25, -0.2) is 4.79 Å². The van der Waals surface area contributed by atoms with Gasteiger partial charge in [0.2, 0.25) is 0 Å². The van der Waals surface area contributed by atoms with Crippen LogP contribution in [0.15, 0.2) is 47.5 Å². The zero-order chi connectivity index (χ0) is 15.8. The van der Waals surface area contributed by atoms with Crippen molar-refractivity contribution < 1.29 is 9.90 Å². The first-order chi connectivity index (χ1) is 11.2. The van der Waals surface area contributed by atoms with Crippen molar-refractivity contribution in [3.8, 4) is 0 Å². The lowest BCUT2D eigenvalue weighted by molar-refractivity contribution is 0.0699. The lowest BCUT2D eigenvalue weighted by atomic mass is 9.91. The van der Waals surface area contributed by atoms with Gasteiger partial charge in [0.05, 0.1) is 16.6 Å². The van der Waals surface area contributed by atoms with E-state index >= 15 is 0 Å². The van der Waals surface area contributed by atoms with E-state index in [1.165, 1.54) is 16.5 Å². The Morgan fingerprint density at radius 1 is 1.35 bits per heavy atom. The number of pyridine rings is 1. The maximum absolute atomic E-state index is 11.3. The zero-order valence-electron chi connectivity index (χ0n) is 12.5. The van der Waals surface area contributed by atoms with E-state index in [0.717, 1.165) is 29.8 Å². The summed E-state index contributed by atoms with van der Waals surface area (Å²) in [5, 5.41) is 9.29. The highest BCUT2D eigenvalue weighted by molar-refractivity contribution is 7.99. The number of carboxylic acid groups (broad SMARTS) is 1. The number of hydrogen-bond acceptors (Lipinski definition) is 3. The molecule has 0 saturated heterocycles. The Balaban J connectivity index is 1.69. The van der Waals surface area contributed by atoms with Crippen molar-refractivity contribution in [1.82, 2.24) is 9.97 Å². The Bertz CT molecular complexity index is 888. The molecule has 0 radical (unpaired) electrons. The van der Waals surface area contributed by atoms with Crippen molar-refractivity contribution in [1.29, 1.82) is 0 Å². The lowest BCUT2D eigenvalue weighted by Crippen LogP contribution is -2.10. The highest BCUT2D eigenvalue weighted by Gasteiger charge is 2.22. The van der Waals surface area contributed by atoms with E-state index in [9.17, 15) is 9.90 Å². The van der Waals surface area contributed by atoms with E-state index in [2.05, 4.69) is 34.2 Å². The molecule has 2 N–H and O–H groups in total. The summed E-state index contributed by atoms with van der Waals surface area (Å²) in [5.74, 6) is 0.666. The number of nitrogens with one attached hydrogen (secondary N) is 1. The molecule has 0 spiro atoms. The minimum Gasteiger partial charge on any atom is -0.478 e. The summed E-state index contributed by atoms with van der Waals surface area (Å²) in [6.45, 7) is 0. The first-order valence-electron chi connectivity index (χ1n) is 7.64. The number of aromatic carboxylic acids is 1. The average Bonchev–Trinajstić information content (AvgIpc) is 2.97. The number of carbonyl (C=O) groups is 1. The number of rotatable bonds is 3. The van der Waals surface area contributed by atoms with E-state index in [-0.39, 0.29) is 5.56 Å². The summed E-state index contributed by atoms with van der Waals surface area (Å²) >= 11 is 1.91. The summed E-state index contributed by atoms with van der Waals surface area (Å²) in [6, 6.07) is 12.1. The number of thioether (sulfide) groups is 1. The number of aromatic nitrogens is 2. The SMILES string of the molecule is O=C(O)c1ccnc2cc(CC3CCSc4ccccc43)[nH]c12. The van der Waals surface area contributed by atoms with E-state index in [0.29, 0.717) is 11.4 Å². The predicted molar refractivity (Wildman–Crippen MR) is 91.3 cm³/mol. The van der Waals surface area contributed by atoms with Gasteiger partial charge in [-0.15, -0.1) is 11.8 Å². The maximum atomic E-state index is 11.3. The first-order valence-corrected chi connectivity index (χ1v) is 8.62. The Hall–Kier alpha value is -2.27. The average molecular weight is 324 g/mol. The van der Waals surface area contributed by atoms with Crippen LogP contribution < -0.4 is 0 Å². The van der Waals surface area contributed by atoms with Crippen LogP contribution in [-0.4, -0.2) is 26.8 Å². The third-order valence-electron chi connectivity index (χ3n) is 4.36. The summed E-state index contributed by atoms with van der Waals surface area (Å²) in [6.07, 6.45) is 3.57. The number of fused-ring (bicyclic) bond motifs is 2. The second-order valence-electron chi connectivity index (χ2n) is 5.79. The van der Waals surface area contributed by atoms with Crippen molar-refractivity contribution in [2.45, 2.75) is 23.7 Å². The topological polar surface area (TPSA) is 66.0 Å². The minimum absolute atomic E-state index is 0.279. The van der Waals surface area contributed by atoms with Gasteiger partial charge in [0, 0.05) is 16.8 Å². The summed E-state index contributed by atoms with van der Waals surface area (Å²) in [4.78, 5) is 20.2. The number of H-pyrrole nitrogens is 1. The molecule has 23 heavy (non-hydrogen) atoms. The molecule has 1 aliphatic heterocycles. The molecule has 1 atom stereocenters. The molecule has 4 rings (SSSR count). The van der Waals surface area contributed by atoms with Gasteiger partial charge in [-0.05, 0) is 48.3 Å². The lowest BCUT2D eigenvalue weighted by Gasteiger charge is -2.24. The van der Waals surface area contributed by atoms with Gasteiger partial charge in [0.15, 0.2) is 0 Å². The minimum atomic E-state index is -0.926. The first kappa shape index (κ1) is 14.3. The van der Waals surface area contributed by atoms with Crippen molar-refractivity contribution >= 4 is 28.8 Å². The largest absolute Gasteiger partial charge is 0.478 e. The van der Waals surface area contributed by atoms with Crippen LogP contribution in [0.3, 0.4) is 0 Å². The number of carboxylic acids is 1. The fourth-order valence-electron chi connectivity index (χ4n) is 3.26. The molecule has 116 valence electrons. The van der Waals surface area contributed by atoms with E-state index in [1.54, 1.807) is 6.20 Å². The Labute approximate surface area is 137 Å². The van der Waals surface area contributed by atoms with Gasteiger partial charge in [-0.2, -0.15) is 0 Å². The van der Waals surface area contributed by atoms with Crippen LogP contribution in [0.25, 0.3) is 11.0 Å². The normalized spacial score (nSPS) is 17.1. The van der Waals surface area contributed by atoms with Crippen LogP contribution in [0.5, 0.6) is 0 Å². The third kappa shape index (κ3) is 2.61. The van der Waals surface area contributed by atoms with Gasteiger partial charge < -0.3 is 10.1 Å². The van der Waals surface area contributed by atoms with Crippen molar-refractivity contribution in [3.05, 3.63) is 59.4 Å². The monoisotopic (exact) mass is 324 g/mol. The quantitative estimate of drug-likeness (QED) is 0.762. The molecule has 2 aromatic heterocycles. The number of nitrogens with zero attached hydrogens (tertiary/aromatic N) is 1. The molecule has 1 unspecified atom stereocenters. The molecule has 5 heteroatoms. The predicted octanol–water partition coefficient (Wildman–Crippen LogP) is 4.08. The molecular formula is C18H16N2O2S. The number of hydrogen-bond donors (Lipinski definition) is 2. The molecule has 0 saturated carbocycles. The summed E-state index contributed by atoms with van der Waals surface area (Å²) in [5.41, 5.74) is 4.06. The molecule has 3 heterocycles. The second kappa shape index (κ2) is 5.74. The highest BCUT2D eigenvalue weighted by atomic mass is 32.2. The van der Waals surface area contributed by atoms with E-state index in [4.69, 9.17) is 0 Å². The van der Waals surface area contributed by atoms with Crippen LogP contribution in [0.1, 0.15) is 34.0 Å². The summed E-state index contributed by atoms with van der Waals surface area (Å²) < 4.78 is 0. The van der Waals surface area contributed by atoms with Gasteiger partial charge in [-0.3, -0.25) is 4.98 Å². The Morgan fingerprint density at radius 3 is 3.09 bits per heavy atom. The second-order valence-corrected chi connectivity index (χ2v) is 6.93. The molecule has 0 amide bonds. The fourth-order valence-corrected chi connectivity index (χ4v) is 4.46. The number of benzene rings is 1. The van der Waals surface area contributed by atoms with Crippen molar-refractivity contribution in [2.75, 3.05) is 5.75 Å². The van der Waals surface area contributed by atoms with Crippen molar-refractivity contribution in [3.63, 3.8) is 0 Å². The molecule has 4 nitrogen and oxygen atoms in total. The van der Waals surface area contributed by atoms with Crippen LogP contribution >= 0.6 is 11.8 Å². The Morgan fingerprint density at radius 2 is 2.22 bits per heavy atom. The molecule has 1 aromatic carbocycles. The third-order valence-corrected chi connectivity index (χ3v) is 5.48. The molecule has 3 aromatic rings. The molecule has 0 bridgehead atoms. The van der Waals surface area contributed by atoms with Gasteiger partial charge in [0.25, 0.3) is 0 Å². The van der Waals surface area contributed by atoms with Crippen LogP contribution in [0, 0.1) is 0 Å². The van der Waals surface area contributed by atoms with Crippen molar-refractivity contribution in [2.24, 2.45) is 0 Å². The van der Waals surface area contributed by atoms with Gasteiger partial charge in [0.1, 0.15) is 0 Å².